The maximum atomic E-state index is 12.4. The Kier molecular flexibility index (Phi) is 5.51. The van der Waals surface area contributed by atoms with E-state index < -0.39 is 0 Å². The standard InChI is InChI=1S/C19H21N3O/c1-14-8-4-6-10-16(14)18(22(2)3)13-21-19(23)17-11-7-5-9-15(17)12-20/h4-11,18H,13H2,1-3H3,(H,21,23). The first-order valence-corrected chi connectivity index (χ1v) is 7.54. The predicted molar refractivity (Wildman–Crippen MR) is 91.1 cm³/mol. The van der Waals surface area contributed by atoms with Crippen molar-refractivity contribution in [2.24, 2.45) is 0 Å². The van der Waals surface area contributed by atoms with Crippen molar-refractivity contribution in [2.75, 3.05) is 20.6 Å². The lowest BCUT2D eigenvalue weighted by Gasteiger charge is -2.26. The van der Waals surface area contributed by atoms with Crippen LogP contribution in [-0.4, -0.2) is 31.4 Å². The molecule has 1 N–H and O–H groups in total. The zero-order valence-corrected chi connectivity index (χ0v) is 13.7. The molecular weight excluding hydrogens is 286 g/mol. The van der Waals surface area contributed by atoms with Gasteiger partial charge in [0.05, 0.1) is 23.2 Å². The number of carbonyl (C=O) groups excluding carboxylic acids is 1. The first kappa shape index (κ1) is 16.7. The molecule has 2 aromatic carbocycles. The molecule has 0 aromatic heterocycles. The van der Waals surface area contributed by atoms with E-state index in [9.17, 15) is 4.79 Å². The summed E-state index contributed by atoms with van der Waals surface area (Å²) in [4.78, 5) is 14.5. The van der Waals surface area contributed by atoms with Gasteiger partial charge in [0.2, 0.25) is 0 Å². The van der Waals surface area contributed by atoms with Crippen LogP contribution in [0.25, 0.3) is 0 Å². The number of hydrogen-bond donors (Lipinski definition) is 1. The van der Waals surface area contributed by atoms with Crippen LogP contribution >= 0.6 is 0 Å². The van der Waals surface area contributed by atoms with Crippen LogP contribution in [0.3, 0.4) is 0 Å². The SMILES string of the molecule is Cc1ccccc1C(CNC(=O)c1ccccc1C#N)N(C)C. The van der Waals surface area contributed by atoms with Crippen molar-refractivity contribution >= 4 is 5.91 Å². The quantitative estimate of drug-likeness (QED) is 0.924. The lowest BCUT2D eigenvalue weighted by atomic mass is 10.00. The average Bonchev–Trinajstić information content (AvgIpc) is 2.56. The van der Waals surface area contributed by atoms with E-state index in [2.05, 4.69) is 35.3 Å². The van der Waals surface area contributed by atoms with Gasteiger partial charge >= 0.3 is 0 Å². The molecule has 23 heavy (non-hydrogen) atoms. The lowest BCUT2D eigenvalue weighted by molar-refractivity contribution is 0.0941. The van der Waals surface area contributed by atoms with Gasteiger partial charge in [-0.15, -0.1) is 0 Å². The van der Waals surface area contributed by atoms with E-state index in [1.807, 2.05) is 26.2 Å². The summed E-state index contributed by atoms with van der Waals surface area (Å²) in [5, 5.41) is 12.1. The van der Waals surface area contributed by atoms with E-state index in [1.165, 1.54) is 11.1 Å². The largest absolute Gasteiger partial charge is 0.350 e. The Balaban J connectivity index is 2.15. The summed E-state index contributed by atoms with van der Waals surface area (Å²) in [7, 11) is 3.99. The average molecular weight is 307 g/mol. The summed E-state index contributed by atoms with van der Waals surface area (Å²) < 4.78 is 0. The summed E-state index contributed by atoms with van der Waals surface area (Å²) >= 11 is 0. The molecule has 4 nitrogen and oxygen atoms in total. The fourth-order valence-corrected chi connectivity index (χ4v) is 2.59. The minimum atomic E-state index is -0.220. The Morgan fingerprint density at radius 1 is 1.17 bits per heavy atom. The molecule has 0 heterocycles. The molecule has 0 aliphatic rings. The van der Waals surface area contributed by atoms with Crippen molar-refractivity contribution in [3.05, 3.63) is 70.8 Å². The molecule has 0 aliphatic heterocycles. The molecule has 4 heteroatoms. The molecule has 1 amide bonds. The fourth-order valence-electron chi connectivity index (χ4n) is 2.59. The summed E-state index contributed by atoms with van der Waals surface area (Å²) in [6.07, 6.45) is 0. The van der Waals surface area contributed by atoms with Crippen molar-refractivity contribution in [2.45, 2.75) is 13.0 Å². The highest BCUT2D eigenvalue weighted by atomic mass is 16.1. The van der Waals surface area contributed by atoms with Gasteiger partial charge in [-0.3, -0.25) is 4.79 Å². The molecule has 0 saturated heterocycles. The van der Waals surface area contributed by atoms with Gasteiger partial charge in [-0.1, -0.05) is 36.4 Å². The van der Waals surface area contributed by atoms with Crippen LogP contribution in [0.1, 0.15) is 33.1 Å². The predicted octanol–water partition coefficient (Wildman–Crippen LogP) is 2.90. The third-order valence-electron chi connectivity index (χ3n) is 3.92. The van der Waals surface area contributed by atoms with Gasteiger partial charge in [-0.2, -0.15) is 5.26 Å². The van der Waals surface area contributed by atoms with E-state index in [0.29, 0.717) is 17.7 Å². The number of aryl methyl sites for hydroxylation is 1. The summed E-state index contributed by atoms with van der Waals surface area (Å²) in [5.74, 6) is -0.220. The summed E-state index contributed by atoms with van der Waals surface area (Å²) in [6, 6.07) is 17.1. The van der Waals surface area contributed by atoms with Gasteiger partial charge in [0.25, 0.3) is 5.91 Å². The van der Waals surface area contributed by atoms with Crippen LogP contribution in [0.5, 0.6) is 0 Å². The molecule has 2 rings (SSSR count). The van der Waals surface area contributed by atoms with E-state index in [1.54, 1.807) is 24.3 Å². The highest BCUT2D eigenvalue weighted by Crippen LogP contribution is 2.21. The van der Waals surface area contributed by atoms with Gasteiger partial charge in [-0.05, 0) is 44.3 Å². The van der Waals surface area contributed by atoms with Crippen molar-refractivity contribution in [3.63, 3.8) is 0 Å². The Hall–Kier alpha value is -2.64. The van der Waals surface area contributed by atoms with Gasteiger partial charge in [-0.25, -0.2) is 0 Å². The second-order valence-corrected chi connectivity index (χ2v) is 5.70. The highest BCUT2D eigenvalue weighted by Gasteiger charge is 2.18. The van der Waals surface area contributed by atoms with Crippen LogP contribution in [0.2, 0.25) is 0 Å². The highest BCUT2D eigenvalue weighted by molar-refractivity contribution is 5.96. The number of nitrogens with zero attached hydrogens (tertiary/aromatic N) is 2. The Labute approximate surface area is 137 Å². The smallest absolute Gasteiger partial charge is 0.252 e. The van der Waals surface area contributed by atoms with Crippen molar-refractivity contribution < 1.29 is 4.79 Å². The van der Waals surface area contributed by atoms with E-state index in [4.69, 9.17) is 5.26 Å². The van der Waals surface area contributed by atoms with Crippen LogP contribution in [-0.2, 0) is 0 Å². The van der Waals surface area contributed by atoms with Gasteiger partial charge in [0.15, 0.2) is 0 Å². The molecule has 0 spiro atoms. The van der Waals surface area contributed by atoms with Crippen LogP contribution in [0.4, 0.5) is 0 Å². The number of nitriles is 1. The first-order valence-electron chi connectivity index (χ1n) is 7.54. The zero-order chi connectivity index (χ0) is 16.8. The molecule has 2 aromatic rings. The van der Waals surface area contributed by atoms with Crippen LogP contribution in [0.15, 0.2) is 48.5 Å². The molecule has 0 saturated carbocycles. The van der Waals surface area contributed by atoms with Crippen LogP contribution < -0.4 is 5.32 Å². The van der Waals surface area contributed by atoms with E-state index in [0.717, 1.165) is 0 Å². The van der Waals surface area contributed by atoms with Gasteiger partial charge < -0.3 is 10.2 Å². The molecule has 0 fully saturated rings. The van der Waals surface area contributed by atoms with Crippen molar-refractivity contribution in [1.82, 2.24) is 10.2 Å². The fraction of sp³-hybridized carbons (Fsp3) is 0.263. The maximum absolute atomic E-state index is 12.4. The molecule has 118 valence electrons. The first-order chi connectivity index (χ1) is 11.0. The van der Waals surface area contributed by atoms with Gasteiger partial charge in [0.1, 0.15) is 0 Å². The minimum absolute atomic E-state index is 0.0781. The normalized spacial score (nSPS) is 11.8. The number of carbonyl (C=O) groups is 1. The minimum Gasteiger partial charge on any atom is -0.350 e. The van der Waals surface area contributed by atoms with Gasteiger partial charge in [0, 0.05) is 6.54 Å². The summed E-state index contributed by atoms with van der Waals surface area (Å²) in [5.41, 5.74) is 3.18. The zero-order valence-electron chi connectivity index (χ0n) is 13.7. The molecular formula is C19H21N3O. The van der Waals surface area contributed by atoms with Crippen molar-refractivity contribution in [3.8, 4) is 6.07 Å². The Bertz CT molecular complexity index is 731. The molecule has 0 aliphatic carbocycles. The topological polar surface area (TPSA) is 56.1 Å². The lowest BCUT2D eigenvalue weighted by Crippen LogP contribution is -2.35. The number of rotatable bonds is 5. The molecule has 1 atom stereocenters. The number of likely N-dealkylation sites (N-methyl/N-ethyl adjacent to an activating group) is 1. The second-order valence-electron chi connectivity index (χ2n) is 5.70. The number of hydrogen-bond acceptors (Lipinski definition) is 3. The molecule has 0 radical (unpaired) electrons. The third kappa shape index (κ3) is 3.97. The third-order valence-corrected chi connectivity index (χ3v) is 3.92. The maximum Gasteiger partial charge on any atom is 0.252 e. The Morgan fingerprint density at radius 3 is 2.48 bits per heavy atom. The number of nitrogens with one attached hydrogen (secondary N) is 1. The summed E-state index contributed by atoms with van der Waals surface area (Å²) in [6.45, 7) is 2.55. The number of benzene rings is 2. The van der Waals surface area contributed by atoms with E-state index >= 15 is 0 Å². The molecule has 0 bridgehead atoms. The molecule has 1 unspecified atom stereocenters. The van der Waals surface area contributed by atoms with Crippen LogP contribution in [0, 0.1) is 18.3 Å². The monoisotopic (exact) mass is 307 g/mol. The number of amides is 1. The van der Waals surface area contributed by atoms with E-state index in [-0.39, 0.29) is 11.9 Å². The second kappa shape index (κ2) is 7.57. The van der Waals surface area contributed by atoms with Crippen molar-refractivity contribution in [1.29, 1.82) is 5.26 Å². The Morgan fingerprint density at radius 2 is 1.83 bits per heavy atom.